The van der Waals surface area contributed by atoms with Crippen molar-refractivity contribution in [1.29, 1.82) is 0 Å². The highest BCUT2D eigenvalue weighted by atomic mass is 35.5. The van der Waals surface area contributed by atoms with Crippen LogP contribution in [0.15, 0.2) is 48.8 Å². The van der Waals surface area contributed by atoms with Crippen LogP contribution < -0.4 is 20.1 Å². The van der Waals surface area contributed by atoms with E-state index in [0.29, 0.717) is 94.9 Å². The number of amides is 2. The van der Waals surface area contributed by atoms with Crippen LogP contribution in [-0.2, 0) is 22.7 Å². The van der Waals surface area contributed by atoms with Gasteiger partial charge in [0.15, 0.2) is 0 Å². The molecule has 2 saturated heterocycles. The molecule has 256 valence electrons. The first-order valence-electron chi connectivity index (χ1n) is 16.1. The minimum Gasteiger partial charge on any atom is -0.480 e. The Morgan fingerprint density at radius 2 is 1.43 bits per heavy atom. The number of nitrogens with one attached hydrogen (secondary N) is 2. The van der Waals surface area contributed by atoms with Gasteiger partial charge < -0.3 is 25.0 Å². The van der Waals surface area contributed by atoms with Crippen LogP contribution in [0, 0.1) is 0 Å². The van der Waals surface area contributed by atoms with Gasteiger partial charge in [-0.05, 0) is 6.42 Å². The standard InChI is InChI=1S/C35H38Cl2N8O4/c1-21(46)45-14-12-44(13-15-45)20-30-35(49-3)43-28(19-40-30)26-9-5-7-24(33(26)37)23-6-4-8-25(32(23)36)27-18-39-29(34(42-27)48-2)17-38-16-22-10-11-31(47)41-22/h4-9,18-19,22,38H,10-17,20H2,1-3H3,(H,41,47)/t22-/m1/s1. The second kappa shape index (κ2) is 15.5. The lowest BCUT2D eigenvalue weighted by atomic mass is 9.98. The Balaban J connectivity index is 1.21. The number of carbonyl (C=O) groups excluding carboxylic acids is 2. The molecular weight excluding hydrogens is 667 g/mol. The van der Waals surface area contributed by atoms with Crippen molar-refractivity contribution in [2.45, 2.75) is 38.9 Å². The van der Waals surface area contributed by atoms with Crippen LogP contribution in [0.5, 0.6) is 11.8 Å². The molecule has 0 spiro atoms. The molecule has 2 fully saturated rings. The van der Waals surface area contributed by atoms with Crippen molar-refractivity contribution in [2.24, 2.45) is 0 Å². The number of rotatable bonds is 11. The number of benzene rings is 2. The van der Waals surface area contributed by atoms with Gasteiger partial charge in [0.05, 0.1) is 48.0 Å². The molecule has 1 atom stereocenters. The van der Waals surface area contributed by atoms with Crippen molar-refractivity contribution in [1.82, 2.24) is 40.4 Å². The van der Waals surface area contributed by atoms with E-state index in [9.17, 15) is 9.59 Å². The van der Waals surface area contributed by atoms with Crippen molar-refractivity contribution in [3.05, 3.63) is 70.2 Å². The molecule has 4 aromatic rings. The topological polar surface area (TPSA) is 135 Å². The van der Waals surface area contributed by atoms with E-state index in [1.165, 1.54) is 0 Å². The summed E-state index contributed by atoms with van der Waals surface area (Å²) < 4.78 is 11.2. The maximum absolute atomic E-state index is 11.7. The molecule has 2 aromatic carbocycles. The third-order valence-electron chi connectivity index (χ3n) is 8.81. The minimum absolute atomic E-state index is 0.0810. The van der Waals surface area contributed by atoms with E-state index in [2.05, 4.69) is 20.5 Å². The molecule has 14 heteroatoms. The van der Waals surface area contributed by atoms with Gasteiger partial charge in [-0.15, -0.1) is 0 Å². The SMILES string of the molecule is COc1nc(-c2cccc(-c3cccc(-c4cnc(CN5CCN(C(C)=O)CC5)c(OC)n4)c3Cl)c2Cl)cnc1CNC[C@H]1CCC(=O)N1. The van der Waals surface area contributed by atoms with E-state index in [-0.39, 0.29) is 17.9 Å². The molecule has 0 radical (unpaired) electrons. The summed E-state index contributed by atoms with van der Waals surface area (Å²) in [6, 6.07) is 11.5. The van der Waals surface area contributed by atoms with E-state index < -0.39 is 0 Å². The second-order valence-electron chi connectivity index (χ2n) is 12.0. The van der Waals surface area contributed by atoms with Gasteiger partial charge in [0.1, 0.15) is 11.4 Å². The molecule has 2 aromatic heterocycles. The average molecular weight is 706 g/mol. The zero-order chi connectivity index (χ0) is 34.5. The zero-order valence-corrected chi connectivity index (χ0v) is 29.1. The Labute approximate surface area is 295 Å². The van der Waals surface area contributed by atoms with Gasteiger partial charge in [0.2, 0.25) is 23.6 Å². The number of hydrogen-bond acceptors (Lipinski definition) is 10. The molecule has 6 rings (SSSR count). The lowest BCUT2D eigenvalue weighted by Crippen LogP contribution is -2.47. The van der Waals surface area contributed by atoms with Gasteiger partial charge in [-0.25, -0.2) is 9.97 Å². The molecule has 2 amide bonds. The molecule has 49 heavy (non-hydrogen) atoms. The predicted octanol–water partition coefficient (Wildman–Crippen LogP) is 4.62. The van der Waals surface area contributed by atoms with Crippen LogP contribution >= 0.6 is 23.2 Å². The zero-order valence-electron chi connectivity index (χ0n) is 27.6. The van der Waals surface area contributed by atoms with E-state index in [1.54, 1.807) is 33.5 Å². The monoisotopic (exact) mass is 704 g/mol. The third-order valence-corrected chi connectivity index (χ3v) is 9.62. The second-order valence-corrected chi connectivity index (χ2v) is 12.7. The summed E-state index contributed by atoms with van der Waals surface area (Å²) in [5, 5.41) is 7.21. The van der Waals surface area contributed by atoms with Crippen LogP contribution in [-0.4, -0.2) is 94.5 Å². The summed E-state index contributed by atoms with van der Waals surface area (Å²) in [5.41, 5.74) is 5.28. The number of hydrogen-bond donors (Lipinski definition) is 2. The summed E-state index contributed by atoms with van der Waals surface area (Å²) in [6.45, 7) is 6.10. The van der Waals surface area contributed by atoms with Crippen molar-refractivity contribution >= 4 is 35.0 Å². The number of ether oxygens (including phenoxy) is 2. The van der Waals surface area contributed by atoms with Crippen LogP contribution in [0.1, 0.15) is 31.2 Å². The largest absolute Gasteiger partial charge is 0.480 e. The molecule has 2 aliphatic rings. The first-order chi connectivity index (χ1) is 23.7. The van der Waals surface area contributed by atoms with Gasteiger partial charge in [-0.3, -0.25) is 24.5 Å². The van der Waals surface area contributed by atoms with Crippen molar-refractivity contribution < 1.29 is 19.1 Å². The molecule has 2 N–H and O–H groups in total. The quantitative estimate of drug-likeness (QED) is 0.228. The van der Waals surface area contributed by atoms with E-state index in [4.69, 9.17) is 47.6 Å². The number of aromatic nitrogens is 4. The highest BCUT2D eigenvalue weighted by Crippen LogP contribution is 2.42. The minimum atomic E-state index is 0.0810. The molecule has 4 heterocycles. The van der Waals surface area contributed by atoms with Crippen LogP contribution in [0.2, 0.25) is 10.0 Å². The Bertz CT molecular complexity index is 1850. The van der Waals surface area contributed by atoms with Crippen LogP contribution in [0.3, 0.4) is 0 Å². The summed E-state index contributed by atoms with van der Waals surface area (Å²) in [7, 11) is 3.13. The normalized spacial score (nSPS) is 16.5. The third kappa shape index (κ3) is 7.78. The Morgan fingerprint density at radius 3 is 1.96 bits per heavy atom. The highest BCUT2D eigenvalue weighted by molar-refractivity contribution is 6.39. The van der Waals surface area contributed by atoms with Crippen molar-refractivity contribution in [2.75, 3.05) is 46.9 Å². The predicted molar refractivity (Wildman–Crippen MR) is 187 cm³/mol. The van der Waals surface area contributed by atoms with Gasteiger partial charge in [-0.2, -0.15) is 0 Å². The number of methoxy groups -OCH3 is 2. The Hall–Kier alpha value is -4.36. The lowest BCUT2D eigenvalue weighted by molar-refractivity contribution is -0.130. The Morgan fingerprint density at radius 1 is 0.878 bits per heavy atom. The van der Waals surface area contributed by atoms with E-state index in [1.807, 2.05) is 41.3 Å². The fourth-order valence-corrected chi connectivity index (χ4v) is 6.76. The van der Waals surface area contributed by atoms with Crippen molar-refractivity contribution in [3.63, 3.8) is 0 Å². The molecule has 0 saturated carbocycles. The van der Waals surface area contributed by atoms with Gasteiger partial charge in [0, 0.05) is 87.5 Å². The molecule has 0 bridgehead atoms. The highest BCUT2D eigenvalue weighted by Gasteiger charge is 2.23. The van der Waals surface area contributed by atoms with Crippen LogP contribution in [0.25, 0.3) is 33.6 Å². The van der Waals surface area contributed by atoms with Crippen LogP contribution in [0.4, 0.5) is 0 Å². The summed E-state index contributed by atoms with van der Waals surface area (Å²) in [5.74, 6) is 0.979. The molecule has 0 unspecified atom stereocenters. The lowest BCUT2D eigenvalue weighted by Gasteiger charge is -2.34. The Kier molecular flexibility index (Phi) is 10.9. The first kappa shape index (κ1) is 34.5. The van der Waals surface area contributed by atoms with Gasteiger partial charge >= 0.3 is 0 Å². The average Bonchev–Trinajstić information content (AvgIpc) is 3.53. The van der Waals surface area contributed by atoms with E-state index >= 15 is 0 Å². The smallest absolute Gasteiger partial charge is 0.237 e. The van der Waals surface area contributed by atoms with E-state index in [0.717, 1.165) is 30.6 Å². The maximum Gasteiger partial charge on any atom is 0.237 e. The molecule has 12 nitrogen and oxygen atoms in total. The van der Waals surface area contributed by atoms with Crippen molar-refractivity contribution in [3.8, 4) is 45.4 Å². The van der Waals surface area contributed by atoms with Gasteiger partial charge in [0.25, 0.3) is 0 Å². The van der Waals surface area contributed by atoms with Gasteiger partial charge in [-0.1, -0.05) is 59.6 Å². The number of carbonyl (C=O) groups is 2. The number of nitrogens with zero attached hydrogens (tertiary/aromatic N) is 6. The molecule has 2 aliphatic heterocycles. The fraction of sp³-hybridized carbons (Fsp3) is 0.371. The number of piperazine rings is 1. The molecular formula is C35H38Cl2N8O4. The summed E-state index contributed by atoms with van der Waals surface area (Å²) in [4.78, 5) is 46.1. The molecule has 0 aliphatic carbocycles. The first-order valence-corrected chi connectivity index (χ1v) is 16.9. The maximum atomic E-state index is 11.7. The summed E-state index contributed by atoms with van der Waals surface area (Å²) >= 11 is 14.1. The number of halogens is 2. The summed E-state index contributed by atoms with van der Waals surface area (Å²) in [6.07, 6.45) is 4.74. The fourth-order valence-electron chi connectivity index (χ4n) is 6.11.